The summed E-state index contributed by atoms with van der Waals surface area (Å²) in [6.07, 6.45) is 6.02. The van der Waals surface area contributed by atoms with Gasteiger partial charge in [0.05, 0.1) is 12.1 Å². The number of pyridine rings is 2. The summed E-state index contributed by atoms with van der Waals surface area (Å²) in [5, 5.41) is 0.0715. The number of aromatic nitrogens is 2. The van der Waals surface area contributed by atoms with Crippen molar-refractivity contribution in [1.29, 1.82) is 0 Å². The molecule has 2 heterocycles. The van der Waals surface area contributed by atoms with Crippen LogP contribution in [0.2, 0.25) is 5.02 Å². The van der Waals surface area contributed by atoms with Gasteiger partial charge in [-0.1, -0.05) is 23.7 Å². The topological polar surface area (TPSA) is 35.0 Å². The maximum atomic E-state index is 13.4. The molecule has 0 unspecified atom stereocenters. The maximum Gasteiger partial charge on any atom is 0.221 e. The van der Waals surface area contributed by atoms with E-state index in [1.54, 1.807) is 31.6 Å². The third-order valence-corrected chi connectivity index (χ3v) is 3.75. The Bertz CT molecular complexity index is 825. The van der Waals surface area contributed by atoms with Crippen molar-refractivity contribution in [3.8, 4) is 17.0 Å². The van der Waals surface area contributed by atoms with E-state index in [1.165, 1.54) is 6.07 Å². The number of hydrogen-bond acceptors (Lipinski definition) is 3. The Morgan fingerprint density at radius 1 is 1.13 bits per heavy atom. The lowest BCUT2D eigenvalue weighted by molar-refractivity contribution is 0.399. The van der Waals surface area contributed by atoms with Gasteiger partial charge in [-0.25, -0.2) is 9.37 Å². The van der Waals surface area contributed by atoms with E-state index >= 15 is 0 Å². The lowest BCUT2D eigenvalue weighted by Crippen LogP contribution is -1.96. The van der Waals surface area contributed by atoms with Crippen LogP contribution >= 0.6 is 11.6 Å². The van der Waals surface area contributed by atoms with Crippen LogP contribution in [0.15, 0.2) is 55.0 Å². The van der Waals surface area contributed by atoms with Gasteiger partial charge in [-0.05, 0) is 41.0 Å². The van der Waals surface area contributed by atoms with E-state index in [9.17, 15) is 4.39 Å². The number of rotatable bonds is 4. The molecule has 3 nitrogen and oxygen atoms in total. The smallest absolute Gasteiger partial charge is 0.221 e. The summed E-state index contributed by atoms with van der Waals surface area (Å²) in [4.78, 5) is 8.45. The molecule has 3 rings (SSSR count). The average Bonchev–Trinajstić information content (AvgIpc) is 2.58. The third kappa shape index (κ3) is 3.48. The highest BCUT2D eigenvalue weighted by molar-refractivity contribution is 6.31. The van der Waals surface area contributed by atoms with Gasteiger partial charge in [0, 0.05) is 30.6 Å². The second-order valence-electron chi connectivity index (χ2n) is 5.07. The zero-order chi connectivity index (χ0) is 16.2. The number of nitrogens with zero attached hydrogens (tertiary/aromatic N) is 2. The predicted molar refractivity (Wildman–Crippen MR) is 88.2 cm³/mol. The van der Waals surface area contributed by atoms with Crippen LogP contribution in [-0.2, 0) is 6.42 Å². The van der Waals surface area contributed by atoms with Gasteiger partial charge >= 0.3 is 0 Å². The van der Waals surface area contributed by atoms with Crippen LogP contribution in [0.3, 0.4) is 0 Å². The molecule has 1 aromatic carbocycles. The SMILES string of the molecule is COc1ncc(Cc2cccnc2)cc1-c1ccc(F)c(Cl)c1. The molecule has 0 aliphatic carbocycles. The molecule has 0 saturated heterocycles. The number of benzene rings is 1. The molecule has 2 aromatic heterocycles. The van der Waals surface area contributed by atoms with Gasteiger partial charge in [0.2, 0.25) is 5.88 Å². The van der Waals surface area contributed by atoms with Crippen LogP contribution in [0.1, 0.15) is 11.1 Å². The Morgan fingerprint density at radius 3 is 2.70 bits per heavy atom. The molecule has 0 spiro atoms. The zero-order valence-electron chi connectivity index (χ0n) is 12.5. The van der Waals surface area contributed by atoms with Crippen molar-refractivity contribution < 1.29 is 9.13 Å². The quantitative estimate of drug-likeness (QED) is 0.705. The Morgan fingerprint density at radius 2 is 2.00 bits per heavy atom. The summed E-state index contributed by atoms with van der Waals surface area (Å²) in [5.74, 6) is 0.0245. The first-order valence-electron chi connectivity index (χ1n) is 7.04. The molecule has 0 saturated carbocycles. The van der Waals surface area contributed by atoms with Gasteiger partial charge in [-0.3, -0.25) is 4.98 Å². The fourth-order valence-corrected chi connectivity index (χ4v) is 2.54. The summed E-state index contributed by atoms with van der Waals surface area (Å²) < 4.78 is 18.7. The third-order valence-electron chi connectivity index (χ3n) is 3.46. The lowest BCUT2D eigenvalue weighted by Gasteiger charge is -2.10. The predicted octanol–water partition coefficient (Wildman–Crippen LogP) is 4.54. The van der Waals surface area contributed by atoms with Gasteiger partial charge in [-0.15, -0.1) is 0 Å². The van der Waals surface area contributed by atoms with Crippen molar-refractivity contribution >= 4 is 11.6 Å². The number of ether oxygens (including phenoxy) is 1. The summed E-state index contributed by atoms with van der Waals surface area (Å²) >= 11 is 5.88. The van der Waals surface area contributed by atoms with Crippen molar-refractivity contribution in [3.63, 3.8) is 0 Å². The Labute approximate surface area is 138 Å². The van der Waals surface area contributed by atoms with E-state index < -0.39 is 5.82 Å². The van der Waals surface area contributed by atoms with Crippen LogP contribution < -0.4 is 4.74 Å². The molecule has 116 valence electrons. The monoisotopic (exact) mass is 328 g/mol. The number of methoxy groups -OCH3 is 1. The van der Waals surface area contributed by atoms with E-state index in [0.29, 0.717) is 12.3 Å². The minimum atomic E-state index is -0.450. The molecule has 0 aliphatic rings. The van der Waals surface area contributed by atoms with Crippen molar-refractivity contribution in [2.45, 2.75) is 6.42 Å². The number of halogens is 2. The number of hydrogen-bond donors (Lipinski definition) is 0. The molecule has 3 aromatic rings. The van der Waals surface area contributed by atoms with Crippen LogP contribution in [0, 0.1) is 5.82 Å². The standard InChI is InChI=1S/C18H14ClFN2O/c1-23-18-15(14-4-5-17(20)16(19)9-14)8-13(11-22-18)7-12-3-2-6-21-10-12/h2-6,8-11H,7H2,1H3. The second-order valence-corrected chi connectivity index (χ2v) is 5.47. The Hall–Kier alpha value is -2.46. The van der Waals surface area contributed by atoms with Crippen LogP contribution in [0.4, 0.5) is 4.39 Å². The van der Waals surface area contributed by atoms with Gasteiger partial charge in [0.15, 0.2) is 0 Å². The molecule has 0 aliphatic heterocycles. The summed E-state index contributed by atoms with van der Waals surface area (Å²) in [5.41, 5.74) is 3.63. The summed E-state index contributed by atoms with van der Waals surface area (Å²) in [6, 6.07) is 10.4. The first-order chi connectivity index (χ1) is 11.2. The second kappa shape index (κ2) is 6.75. The fourth-order valence-electron chi connectivity index (χ4n) is 2.36. The van der Waals surface area contributed by atoms with Gasteiger partial charge in [0.1, 0.15) is 5.82 Å². The van der Waals surface area contributed by atoms with E-state index in [1.807, 2.05) is 24.4 Å². The minimum absolute atomic E-state index is 0.0715. The highest BCUT2D eigenvalue weighted by Crippen LogP contribution is 2.31. The fraction of sp³-hybridized carbons (Fsp3) is 0.111. The largest absolute Gasteiger partial charge is 0.481 e. The Balaban J connectivity index is 2.00. The van der Waals surface area contributed by atoms with E-state index in [2.05, 4.69) is 9.97 Å². The molecule has 5 heteroatoms. The van der Waals surface area contributed by atoms with Crippen molar-refractivity contribution in [2.75, 3.05) is 7.11 Å². The van der Waals surface area contributed by atoms with Gasteiger partial charge < -0.3 is 4.74 Å². The maximum absolute atomic E-state index is 13.4. The first kappa shape index (κ1) is 15.4. The van der Waals surface area contributed by atoms with E-state index in [4.69, 9.17) is 16.3 Å². The summed E-state index contributed by atoms with van der Waals surface area (Å²) in [7, 11) is 1.55. The molecule has 23 heavy (non-hydrogen) atoms. The lowest BCUT2D eigenvalue weighted by atomic mass is 10.0. The molecule has 0 fully saturated rings. The molecular formula is C18H14ClFN2O. The highest BCUT2D eigenvalue weighted by atomic mass is 35.5. The normalized spacial score (nSPS) is 10.6. The Kier molecular flexibility index (Phi) is 4.53. The summed E-state index contributed by atoms with van der Waals surface area (Å²) in [6.45, 7) is 0. The minimum Gasteiger partial charge on any atom is -0.481 e. The van der Waals surface area contributed by atoms with Crippen LogP contribution in [0.5, 0.6) is 5.88 Å². The van der Waals surface area contributed by atoms with Crippen molar-refractivity contribution in [2.24, 2.45) is 0 Å². The first-order valence-corrected chi connectivity index (χ1v) is 7.42. The molecule has 0 atom stereocenters. The molecular weight excluding hydrogens is 315 g/mol. The van der Waals surface area contributed by atoms with E-state index in [-0.39, 0.29) is 5.02 Å². The highest BCUT2D eigenvalue weighted by Gasteiger charge is 2.11. The molecule has 0 radical (unpaired) electrons. The van der Waals surface area contributed by atoms with Crippen molar-refractivity contribution in [3.05, 3.63) is 77.0 Å². The van der Waals surface area contributed by atoms with Crippen LogP contribution in [0.25, 0.3) is 11.1 Å². The van der Waals surface area contributed by atoms with Crippen LogP contribution in [-0.4, -0.2) is 17.1 Å². The molecule has 0 N–H and O–H groups in total. The van der Waals surface area contributed by atoms with Gasteiger partial charge in [-0.2, -0.15) is 0 Å². The zero-order valence-corrected chi connectivity index (χ0v) is 13.2. The average molecular weight is 329 g/mol. The van der Waals surface area contributed by atoms with Crippen molar-refractivity contribution in [1.82, 2.24) is 9.97 Å². The molecule has 0 bridgehead atoms. The van der Waals surface area contributed by atoms with E-state index in [0.717, 1.165) is 22.3 Å². The molecule has 0 amide bonds. The van der Waals surface area contributed by atoms with Gasteiger partial charge in [0.25, 0.3) is 0 Å².